The smallest absolute Gasteiger partial charge is 0.233 e. The largest absolute Gasteiger partial charge is 0.364 e. The van der Waals surface area contributed by atoms with E-state index in [2.05, 4.69) is 25.8 Å². The average Bonchev–Trinajstić information content (AvgIpc) is 3.26. The minimum Gasteiger partial charge on any atom is -0.364 e. The molecule has 2 atom stereocenters. The van der Waals surface area contributed by atoms with Crippen molar-refractivity contribution in [1.29, 1.82) is 0 Å². The second kappa shape index (κ2) is 11.1. The van der Waals surface area contributed by atoms with Gasteiger partial charge in [0, 0.05) is 45.8 Å². The number of piperazine rings is 1. The van der Waals surface area contributed by atoms with Crippen LogP contribution in [0.15, 0.2) is 12.4 Å². The molecule has 0 aliphatic carbocycles. The highest BCUT2D eigenvalue weighted by atomic mass is 19.1. The van der Waals surface area contributed by atoms with Crippen molar-refractivity contribution < 1.29 is 18.4 Å². The number of rotatable bonds is 6. The molecule has 1 aromatic rings. The fourth-order valence-electron chi connectivity index (χ4n) is 5.06. The molecule has 35 heavy (non-hydrogen) atoms. The van der Waals surface area contributed by atoms with Crippen LogP contribution in [-0.4, -0.2) is 105 Å². The van der Waals surface area contributed by atoms with Crippen LogP contribution in [0.2, 0.25) is 0 Å². The van der Waals surface area contributed by atoms with Crippen molar-refractivity contribution in [2.45, 2.75) is 24.9 Å². The maximum Gasteiger partial charge on any atom is 0.233 e. The minimum absolute atomic E-state index is 0.00569. The molecule has 0 bridgehead atoms. The summed E-state index contributed by atoms with van der Waals surface area (Å²) in [7, 11) is 2.01. The standard InChI is InChI=1S/C22H35F2N9O2/c1-31-3-2-13(12-31)22(35)33-6-4-32(5-7-33)18-15(24)10-27-11-16(18)30-21(34)17(19(25)26)20-28-8-14(23)9-29-20/h10-11,13-14,17,19-20,28-29H,2-9,12,25-26H2,1H3,(H,30,34). The third-order valence-electron chi connectivity index (χ3n) is 6.97. The third kappa shape index (κ3) is 5.86. The zero-order valence-electron chi connectivity index (χ0n) is 19.9. The lowest BCUT2D eigenvalue weighted by Crippen LogP contribution is -2.64. The van der Waals surface area contributed by atoms with E-state index in [-0.39, 0.29) is 36.3 Å². The third-order valence-corrected chi connectivity index (χ3v) is 6.97. The maximum atomic E-state index is 14.9. The Morgan fingerprint density at radius 2 is 1.83 bits per heavy atom. The van der Waals surface area contributed by atoms with Crippen molar-refractivity contribution in [3.05, 3.63) is 18.2 Å². The number of nitrogens with zero attached hydrogens (tertiary/aromatic N) is 4. The number of aromatic nitrogens is 1. The van der Waals surface area contributed by atoms with Crippen molar-refractivity contribution in [3.8, 4) is 0 Å². The Kier molecular flexibility index (Phi) is 8.12. The number of carbonyl (C=O) groups is 2. The van der Waals surface area contributed by atoms with Crippen molar-refractivity contribution >= 4 is 23.2 Å². The highest BCUT2D eigenvalue weighted by Crippen LogP contribution is 2.30. The van der Waals surface area contributed by atoms with Gasteiger partial charge in [-0.1, -0.05) is 0 Å². The monoisotopic (exact) mass is 495 g/mol. The zero-order valence-corrected chi connectivity index (χ0v) is 19.9. The van der Waals surface area contributed by atoms with E-state index >= 15 is 0 Å². The molecule has 2 unspecified atom stereocenters. The van der Waals surface area contributed by atoms with Crippen molar-refractivity contribution in [3.63, 3.8) is 0 Å². The van der Waals surface area contributed by atoms with Crippen LogP contribution in [0.5, 0.6) is 0 Å². The van der Waals surface area contributed by atoms with Gasteiger partial charge in [0.25, 0.3) is 0 Å². The van der Waals surface area contributed by atoms with Gasteiger partial charge in [0.15, 0.2) is 5.82 Å². The normalized spacial score (nSPS) is 26.7. The number of hydrogen-bond donors (Lipinski definition) is 5. The predicted octanol–water partition coefficient (Wildman–Crippen LogP) is -1.52. The summed E-state index contributed by atoms with van der Waals surface area (Å²) >= 11 is 0. The van der Waals surface area contributed by atoms with Gasteiger partial charge in [0.1, 0.15) is 11.9 Å². The number of alkyl halides is 1. The number of anilines is 2. The molecule has 13 heteroatoms. The Morgan fingerprint density at radius 3 is 2.43 bits per heavy atom. The maximum absolute atomic E-state index is 14.9. The van der Waals surface area contributed by atoms with E-state index in [1.165, 1.54) is 6.20 Å². The quantitative estimate of drug-likeness (QED) is 0.297. The number of hydrogen-bond acceptors (Lipinski definition) is 9. The molecule has 0 spiro atoms. The van der Waals surface area contributed by atoms with Gasteiger partial charge in [-0.05, 0) is 20.0 Å². The molecule has 2 amide bonds. The van der Waals surface area contributed by atoms with Crippen LogP contribution < -0.4 is 32.3 Å². The Bertz CT molecular complexity index is 905. The second-order valence-electron chi connectivity index (χ2n) is 9.56. The van der Waals surface area contributed by atoms with Crippen LogP contribution in [0, 0.1) is 17.7 Å². The first-order valence-electron chi connectivity index (χ1n) is 12.0. The number of nitrogens with two attached hydrogens (primary N) is 2. The molecule has 3 fully saturated rings. The predicted molar refractivity (Wildman–Crippen MR) is 128 cm³/mol. The zero-order chi connectivity index (χ0) is 25.1. The SMILES string of the molecule is CN1CCC(C(=O)N2CCN(c3c(F)cncc3NC(=O)C(C(N)N)C3NCC(F)CN3)CC2)C1. The average molecular weight is 496 g/mol. The molecule has 11 nitrogen and oxygen atoms in total. The lowest BCUT2D eigenvalue weighted by atomic mass is 9.99. The van der Waals surface area contributed by atoms with Gasteiger partial charge >= 0.3 is 0 Å². The van der Waals surface area contributed by atoms with E-state index < -0.39 is 36.1 Å². The topological polar surface area (TPSA) is 145 Å². The fraction of sp³-hybridized carbons (Fsp3) is 0.682. The molecule has 0 aromatic carbocycles. The molecule has 7 N–H and O–H groups in total. The van der Waals surface area contributed by atoms with E-state index in [0.29, 0.717) is 26.2 Å². The summed E-state index contributed by atoms with van der Waals surface area (Å²) in [6.07, 6.45) is 0.575. The molecule has 3 aliphatic rings. The summed E-state index contributed by atoms with van der Waals surface area (Å²) < 4.78 is 28.4. The number of carbonyl (C=O) groups excluding carboxylic acids is 2. The van der Waals surface area contributed by atoms with E-state index in [0.717, 1.165) is 25.7 Å². The molecule has 4 heterocycles. The van der Waals surface area contributed by atoms with E-state index in [1.54, 1.807) is 4.90 Å². The van der Waals surface area contributed by atoms with E-state index in [9.17, 15) is 18.4 Å². The molecule has 3 saturated heterocycles. The van der Waals surface area contributed by atoms with Gasteiger partial charge in [-0.25, -0.2) is 8.78 Å². The van der Waals surface area contributed by atoms with E-state index in [4.69, 9.17) is 11.5 Å². The molecular weight excluding hydrogens is 460 g/mol. The van der Waals surface area contributed by atoms with Crippen LogP contribution >= 0.6 is 0 Å². The fourth-order valence-corrected chi connectivity index (χ4v) is 5.06. The Morgan fingerprint density at radius 1 is 1.14 bits per heavy atom. The summed E-state index contributed by atoms with van der Waals surface area (Å²) in [5.41, 5.74) is 12.1. The highest BCUT2D eigenvalue weighted by molar-refractivity contribution is 5.96. The summed E-state index contributed by atoms with van der Waals surface area (Å²) in [4.78, 5) is 35.7. The van der Waals surface area contributed by atoms with Gasteiger partial charge in [-0.15, -0.1) is 0 Å². The molecule has 1 aromatic heterocycles. The number of likely N-dealkylation sites (tertiary alicyclic amines) is 1. The lowest BCUT2D eigenvalue weighted by molar-refractivity contribution is -0.135. The number of nitrogens with one attached hydrogen (secondary N) is 3. The molecule has 4 rings (SSSR count). The van der Waals surface area contributed by atoms with Crippen molar-refractivity contribution in [2.24, 2.45) is 23.3 Å². The first kappa shape index (κ1) is 25.6. The van der Waals surface area contributed by atoms with Gasteiger partial charge in [0.2, 0.25) is 11.8 Å². The minimum atomic E-state index is -1.08. The van der Waals surface area contributed by atoms with Crippen LogP contribution in [0.25, 0.3) is 0 Å². The Balaban J connectivity index is 1.43. The van der Waals surface area contributed by atoms with Crippen molar-refractivity contribution in [2.75, 3.05) is 69.6 Å². The molecule has 0 radical (unpaired) electrons. The Hall–Kier alpha value is -2.45. The second-order valence-corrected chi connectivity index (χ2v) is 9.56. The first-order chi connectivity index (χ1) is 16.7. The molecule has 194 valence electrons. The Labute approximate surface area is 203 Å². The summed E-state index contributed by atoms with van der Waals surface area (Å²) in [5.74, 6) is -1.90. The highest BCUT2D eigenvalue weighted by Gasteiger charge is 2.36. The van der Waals surface area contributed by atoms with Crippen LogP contribution in [0.1, 0.15) is 6.42 Å². The van der Waals surface area contributed by atoms with Gasteiger partial charge in [-0.3, -0.25) is 25.2 Å². The summed E-state index contributed by atoms with van der Waals surface area (Å²) in [6.45, 7) is 3.58. The van der Waals surface area contributed by atoms with Crippen molar-refractivity contribution in [1.82, 2.24) is 25.4 Å². The number of amides is 2. The summed E-state index contributed by atoms with van der Waals surface area (Å²) in [5, 5.41) is 8.52. The number of pyridine rings is 1. The molecule has 3 aliphatic heterocycles. The molecule has 0 saturated carbocycles. The first-order valence-corrected chi connectivity index (χ1v) is 12.0. The van der Waals surface area contributed by atoms with Gasteiger partial charge in [0.05, 0.1) is 42.2 Å². The van der Waals surface area contributed by atoms with Crippen LogP contribution in [-0.2, 0) is 9.59 Å². The van der Waals surface area contributed by atoms with Crippen LogP contribution in [0.4, 0.5) is 20.2 Å². The summed E-state index contributed by atoms with van der Waals surface area (Å²) in [6, 6.07) is 0. The van der Waals surface area contributed by atoms with Gasteiger partial charge < -0.3 is 31.5 Å². The molecular formula is C22H35F2N9O2. The number of halogens is 2. The lowest BCUT2D eigenvalue weighted by Gasteiger charge is -2.38. The van der Waals surface area contributed by atoms with Crippen LogP contribution in [0.3, 0.4) is 0 Å². The van der Waals surface area contributed by atoms with E-state index in [1.807, 2.05) is 11.9 Å². The van der Waals surface area contributed by atoms with Gasteiger partial charge in [-0.2, -0.15) is 0 Å².